The lowest BCUT2D eigenvalue weighted by Gasteiger charge is -2.37. The molecular formula is C10H18N2O2. The molecule has 0 aromatic rings. The van der Waals surface area contributed by atoms with Gasteiger partial charge in [0.2, 0.25) is 0 Å². The highest BCUT2D eigenvalue weighted by Crippen LogP contribution is 2.30. The first kappa shape index (κ1) is 9.93. The van der Waals surface area contributed by atoms with Gasteiger partial charge in [-0.1, -0.05) is 0 Å². The van der Waals surface area contributed by atoms with E-state index in [1.54, 1.807) is 0 Å². The molecule has 2 rings (SSSR count). The van der Waals surface area contributed by atoms with Gasteiger partial charge in [0.05, 0.1) is 0 Å². The summed E-state index contributed by atoms with van der Waals surface area (Å²) >= 11 is 0. The molecule has 1 saturated heterocycles. The second-order valence-corrected chi connectivity index (χ2v) is 4.55. The van der Waals surface area contributed by atoms with Gasteiger partial charge in [-0.25, -0.2) is 0 Å². The molecule has 14 heavy (non-hydrogen) atoms. The standard InChI is InChI=1S/C10H18N2O2/c1-11-4-5-12(6-8-2-3-8)9(7-11)10(13)14/h8-9H,2-7H2,1H3,(H,13,14). The summed E-state index contributed by atoms with van der Waals surface area (Å²) in [5.41, 5.74) is 0. The van der Waals surface area contributed by atoms with E-state index in [-0.39, 0.29) is 6.04 Å². The summed E-state index contributed by atoms with van der Waals surface area (Å²) in [6.07, 6.45) is 2.58. The Hall–Kier alpha value is -0.610. The zero-order valence-electron chi connectivity index (χ0n) is 8.65. The van der Waals surface area contributed by atoms with Gasteiger partial charge in [-0.05, 0) is 25.8 Å². The zero-order valence-corrected chi connectivity index (χ0v) is 8.65. The number of rotatable bonds is 3. The Morgan fingerprint density at radius 2 is 2.14 bits per heavy atom. The average molecular weight is 198 g/mol. The van der Waals surface area contributed by atoms with E-state index in [1.807, 2.05) is 7.05 Å². The summed E-state index contributed by atoms with van der Waals surface area (Å²) in [7, 11) is 1.99. The highest BCUT2D eigenvalue weighted by atomic mass is 16.4. The van der Waals surface area contributed by atoms with Crippen molar-refractivity contribution < 1.29 is 9.90 Å². The molecule has 1 N–H and O–H groups in total. The van der Waals surface area contributed by atoms with Crippen molar-refractivity contribution in [3.05, 3.63) is 0 Å². The Labute approximate surface area is 84.5 Å². The number of likely N-dealkylation sites (N-methyl/N-ethyl adjacent to an activating group) is 1. The fourth-order valence-corrected chi connectivity index (χ4v) is 2.04. The summed E-state index contributed by atoms with van der Waals surface area (Å²) in [5, 5.41) is 9.09. The van der Waals surface area contributed by atoms with Crippen LogP contribution in [-0.4, -0.2) is 60.1 Å². The van der Waals surface area contributed by atoms with E-state index in [4.69, 9.17) is 5.11 Å². The molecule has 80 valence electrons. The zero-order chi connectivity index (χ0) is 10.1. The van der Waals surface area contributed by atoms with Gasteiger partial charge in [-0.3, -0.25) is 9.69 Å². The van der Waals surface area contributed by atoms with E-state index in [0.717, 1.165) is 25.6 Å². The second kappa shape index (κ2) is 3.87. The van der Waals surface area contributed by atoms with Crippen LogP contribution in [0.25, 0.3) is 0 Å². The predicted molar refractivity (Wildman–Crippen MR) is 53.2 cm³/mol. The Morgan fingerprint density at radius 1 is 1.43 bits per heavy atom. The van der Waals surface area contributed by atoms with Gasteiger partial charge < -0.3 is 10.0 Å². The maximum absolute atomic E-state index is 11.0. The van der Waals surface area contributed by atoms with Crippen molar-refractivity contribution in [2.24, 2.45) is 5.92 Å². The monoisotopic (exact) mass is 198 g/mol. The third-order valence-electron chi connectivity index (χ3n) is 3.17. The van der Waals surface area contributed by atoms with E-state index < -0.39 is 5.97 Å². The fourth-order valence-electron chi connectivity index (χ4n) is 2.04. The van der Waals surface area contributed by atoms with Crippen molar-refractivity contribution in [2.45, 2.75) is 18.9 Å². The lowest BCUT2D eigenvalue weighted by atomic mass is 10.1. The van der Waals surface area contributed by atoms with E-state index in [0.29, 0.717) is 6.54 Å². The van der Waals surface area contributed by atoms with E-state index in [2.05, 4.69) is 9.80 Å². The molecule has 2 fully saturated rings. The molecule has 1 saturated carbocycles. The maximum atomic E-state index is 11.0. The van der Waals surface area contributed by atoms with Crippen molar-refractivity contribution in [3.63, 3.8) is 0 Å². The van der Waals surface area contributed by atoms with Gasteiger partial charge in [-0.2, -0.15) is 0 Å². The Morgan fingerprint density at radius 3 is 2.71 bits per heavy atom. The first-order valence-corrected chi connectivity index (χ1v) is 5.32. The predicted octanol–water partition coefficient (Wildman–Crippen LogP) is 0.0970. The molecule has 1 aliphatic heterocycles. The van der Waals surface area contributed by atoms with Crippen molar-refractivity contribution in [2.75, 3.05) is 33.2 Å². The minimum atomic E-state index is -0.669. The highest BCUT2D eigenvalue weighted by Gasteiger charge is 2.34. The van der Waals surface area contributed by atoms with Crippen LogP contribution in [0.1, 0.15) is 12.8 Å². The van der Waals surface area contributed by atoms with Crippen LogP contribution < -0.4 is 0 Å². The number of nitrogens with zero attached hydrogens (tertiary/aromatic N) is 2. The molecular weight excluding hydrogens is 180 g/mol. The summed E-state index contributed by atoms with van der Waals surface area (Å²) in [6, 6.07) is -0.283. The Balaban J connectivity index is 1.93. The molecule has 4 heteroatoms. The molecule has 4 nitrogen and oxygen atoms in total. The van der Waals surface area contributed by atoms with Gasteiger partial charge in [0, 0.05) is 26.2 Å². The number of hydrogen-bond acceptors (Lipinski definition) is 3. The summed E-state index contributed by atoms with van der Waals surface area (Å²) in [5.74, 6) is 0.109. The summed E-state index contributed by atoms with van der Waals surface area (Å²) in [6.45, 7) is 3.56. The molecule has 2 aliphatic rings. The topological polar surface area (TPSA) is 43.8 Å². The fraction of sp³-hybridized carbons (Fsp3) is 0.900. The smallest absolute Gasteiger partial charge is 0.322 e. The minimum absolute atomic E-state index is 0.283. The normalized spacial score (nSPS) is 30.5. The third kappa shape index (κ3) is 2.25. The number of piperazine rings is 1. The SMILES string of the molecule is CN1CCN(CC2CC2)C(C(=O)O)C1. The molecule has 1 aliphatic carbocycles. The van der Waals surface area contributed by atoms with Gasteiger partial charge in [0.25, 0.3) is 0 Å². The van der Waals surface area contributed by atoms with Crippen LogP contribution in [0.15, 0.2) is 0 Å². The van der Waals surface area contributed by atoms with E-state index >= 15 is 0 Å². The Bertz CT molecular complexity index is 228. The Kier molecular flexibility index (Phi) is 2.74. The van der Waals surface area contributed by atoms with Gasteiger partial charge >= 0.3 is 5.97 Å². The van der Waals surface area contributed by atoms with E-state index in [9.17, 15) is 4.79 Å². The molecule has 0 aromatic heterocycles. The molecule has 0 bridgehead atoms. The minimum Gasteiger partial charge on any atom is -0.480 e. The van der Waals surface area contributed by atoms with Crippen LogP contribution in [0.3, 0.4) is 0 Å². The number of hydrogen-bond donors (Lipinski definition) is 1. The first-order valence-electron chi connectivity index (χ1n) is 5.32. The summed E-state index contributed by atoms with van der Waals surface area (Å²) < 4.78 is 0. The molecule has 0 radical (unpaired) electrons. The molecule has 1 unspecified atom stereocenters. The summed E-state index contributed by atoms with van der Waals surface area (Å²) in [4.78, 5) is 15.3. The van der Waals surface area contributed by atoms with E-state index in [1.165, 1.54) is 12.8 Å². The van der Waals surface area contributed by atoms with Crippen LogP contribution >= 0.6 is 0 Å². The highest BCUT2D eigenvalue weighted by molar-refractivity contribution is 5.74. The quantitative estimate of drug-likeness (QED) is 0.698. The van der Waals surface area contributed by atoms with Crippen LogP contribution in [0.5, 0.6) is 0 Å². The van der Waals surface area contributed by atoms with Gasteiger partial charge in [0.15, 0.2) is 0 Å². The molecule has 1 atom stereocenters. The van der Waals surface area contributed by atoms with Gasteiger partial charge in [0.1, 0.15) is 6.04 Å². The third-order valence-corrected chi connectivity index (χ3v) is 3.17. The van der Waals surface area contributed by atoms with Crippen LogP contribution in [0.2, 0.25) is 0 Å². The van der Waals surface area contributed by atoms with Crippen molar-refractivity contribution in [3.8, 4) is 0 Å². The maximum Gasteiger partial charge on any atom is 0.322 e. The number of aliphatic carboxylic acids is 1. The lowest BCUT2D eigenvalue weighted by Crippen LogP contribution is -2.55. The van der Waals surface area contributed by atoms with Crippen molar-refractivity contribution in [1.29, 1.82) is 0 Å². The average Bonchev–Trinajstić information content (AvgIpc) is 2.91. The largest absolute Gasteiger partial charge is 0.480 e. The lowest BCUT2D eigenvalue weighted by molar-refractivity contribution is -0.145. The van der Waals surface area contributed by atoms with Crippen molar-refractivity contribution in [1.82, 2.24) is 9.80 Å². The number of carbonyl (C=O) groups is 1. The molecule has 0 amide bonds. The van der Waals surface area contributed by atoms with Gasteiger partial charge in [-0.15, -0.1) is 0 Å². The van der Waals surface area contributed by atoms with Crippen molar-refractivity contribution >= 4 is 5.97 Å². The van der Waals surface area contributed by atoms with Crippen LogP contribution in [0.4, 0.5) is 0 Å². The number of carboxylic acids is 1. The molecule has 0 spiro atoms. The first-order chi connectivity index (χ1) is 6.66. The molecule has 0 aromatic carbocycles. The van der Waals surface area contributed by atoms with Crippen LogP contribution in [-0.2, 0) is 4.79 Å². The molecule has 1 heterocycles. The second-order valence-electron chi connectivity index (χ2n) is 4.55. The number of carboxylic acid groups (broad SMARTS) is 1. The van der Waals surface area contributed by atoms with Crippen LogP contribution in [0, 0.1) is 5.92 Å².